The molecule has 3 aromatic rings. The van der Waals surface area contributed by atoms with Crippen LogP contribution in [0.25, 0.3) is 0 Å². The number of methoxy groups -OCH3 is 1. The maximum Gasteiger partial charge on any atom is 0.292 e. The number of nitrogens with one attached hydrogen (secondary N) is 1. The number of para-hydroxylation sites is 2. The van der Waals surface area contributed by atoms with Crippen LogP contribution >= 0.6 is 0 Å². The van der Waals surface area contributed by atoms with E-state index in [4.69, 9.17) is 4.74 Å². The number of amides is 1. The van der Waals surface area contributed by atoms with Gasteiger partial charge in [-0.05, 0) is 29.8 Å². The molecule has 0 bridgehead atoms. The lowest BCUT2D eigenvalue weighted by Gasteiger charge is -2.10. The molecule has 0 atom stereocenters. The molecule has 1 heterocycles. The van der Waals surface area contributed by atoms with Crippen LogP contribution in [0, 0.1) is 10.1 Å². The molecule has 0 aliphatic rings. The smallest absolute Gasteiger partial charge is 0.292 e. The van der Waals surface area contributed by atoms with E-state index in [1.807, 2.05) is 12.1 Å². The summed E-state index contributed by atoms with van der Waals surface area (Å²) < 4.78 is 6.51. The number of ether oxygens (including phenoxy) is 1. The summed E-state index contributed by atoms with van der Waals surface area (Å²) in [4.78, 5) is 35.2. The first kappa shape index (κ1) is 18.8. The lowest BCUT2D eigenvalue weighted by Crippen LogP contribution is -2.22. The fourth-order valence-corrected chi connectivity index (χ4v) is 2.65. The number of pyridine rings is 1. The number of carbonyl (C=O) groups is 1. The van der Waals surface area contributed by atoms with Crippen LogP contribution in [0.5, 0.6) is 5.75 Å². The van der Waals surface area contributed by atoms with E-state index in [9.17, 15) is 19.7 Å². The minimum absolute atomic E-state index is 0.0883. The topological polar surface area (TPSA) is 103 Å². The highest BCUT2D eigenvalue weighted by molar-refractivity contribution is 6.05. The zero-order valence-electron chi connectivity index (χ0n) is 15.0. The molecule has 1 N–H and O–H groups in total. The van der Waals surface area contributed by atoms with E-state index >= 15 is 0 Å². The first-order valence-corrected chi connectivity index (χ1v) is 8.36. The number of nitrogens with zero attached hydrogens (tertiary/aromatic N) is 2. The number of hydrogen-bond acceptors (Lipinski definition) is 5. The Hall–Kier alpha value is -3.94. The second-order valence-electron chi connectivity index (χ2n) is 5.96. The SMILES string of the molecule is COc1ccc(Cn2cc(C(=O)Nc3ccccc3[N+](=O)[O-])ccc2=O)cc1. The van der Waals surface area contributed by atoms with Gasteiger partial charge >= 0.3 is 0 Å². The quantitative estimate of drug-likeness (QED) is 0.524. The third-order valence-electron chi connectivity index (χ3n) is 4.11. The molecular formula is C20H17N3O5. The van der Waals surface area contributed by atoms with Gasteiger partial charge in [0.15, 0.2) is 0 Å². The Labute approximate surface area is 160 Å². The van der Waals surface area contributed by atoms with Crippen molar-refractivity contribution in [2.24, 2.45) is 0 Å². The van der Waals surface area contributed by atoms with Crippen molar-refractivity contribution in [1.29, 1.82) is 0 Å². The third-order valence-corrected chi connectivity index (χ3v) is 4.11. The van der Waals surface area contributed by atoms with Gasteiger partial charge in [0, 0.05) is 18.3 Å². The van der Waals surface area contributed by atoms with Gasteiger partial charge in [-0.1, -0.05) is 24.3 Å². The maximum atomic E-state index is 12.5. The molecule has 142 valence electrons. The Morgan fingerprint density at radius 1 is 1.11 bits per heavy atom. The molecule has 0 fully saturated rings. The molecule has 28 heavy (non-hydrogen) atoms. The van der Waals surface area contributed by atoms with Crippen LogP contribution in [0.15, 0.2) is 71.7 Å². The summed E-state index contributed by atoms with van der Waals surface area (Å²) in [7, 11) is 1.57. The van der Waals surface area contributed by atoms with Gasteiger partial charge in [0.1, 0.15) is 11.4 Å². The molecule has 0 aliphatic carbocycles. The van der Waals surface area contributed by atoms with Crippen molar-refractivity contribution in [2.45, 2.75) is 6.54 Å². The first-order valence-electron chi connectivity index (χ1n) is 8.36. The minimum atomic E-state index is -0.569. The number of anilines is 1. The summed E-state index contributed by atoms with van der Waals surface area (Å²) in [5.74, 6) is 0.159. The number of aromatic nitrogens is 1. The van der Waals surface area contributed by atoms with Crippen molar-refractivity contribution < 1.29 is 14.5 Å². The lowest BCUT2D eigenvalue weighted by atomic mass is 10.2. The number of benzene rings is 2. The summed E-state index contributed by atoms with van der Waals surface area (Å²) >= 11 is 0. The van der Waals surface area contributed by atoms with Gasteiger partial charge in [-0.3, -0.25) is 19.7 Å². The van der Waals surface area contributed by atoms with E-state index in [0.29, 0.717) is 5.75 Å². The van der Waals surface area contributed by atoms with Crippen LogP contribution in [-0.4, -0.2) is 22.5 Å². The molecule has 0 unspecified atom stereocenters. The molecule has 1 aromatic heterocycles. The Morgan fingerprint density at radius 2 is 1.82 bits per heavy atom. The molecule has 0 saturated carbocycles. The Kier molecular flexibility index (Phi) is 5.50. The van der Waals surface area contributed by atoms with Crippen LogP contribution in [-0.2, 0) is 6.54 Å². The first-order chi connectivity index (χ1) is 13.5. The molecular weight excluding hydrogens is 362 g/mol. The zero-order chi connectivity index (χ0) is 20.1. The van der Waals surface area contributed by atoms with Crippen molar-refractivity contribution >= 4 is 17.3 Å². The molecule has 0 spiro atoms. The molecule has 0 saturated heterocycles. The van der Waals surface area contributed by atoms with Crippen molar-refractivity contribution in [3.63, 3.8) is 0 Å². The van der Waals surface area contributed by atoms with E-state index < -0.39 is 10.8 Å². The summed E-state index contributed by atoms with van der Waals surface area (Å²) in [6, 6.07) is 15.8. The summed E-state index contributed by atoms with van der Waals surface area (Å²) in [6.07, 6.45) is 1.43. The highest BCUT2D eigenvalue weighted by atomic mass is 16.6. The van der Waals surface area contributed by atoms with Gasteiger partial charge in [0.05, 0.1) is 24.1 Å². The standard InChI is InChI=1S/C20H17N3O5/c1-28-16-9-6-14(7-10-16)12-22-13-15(8-11-19(22)24)20(25)21-17-4-2-3-5-18(17)23(26)27/h2-11,13H,12H2,1H3,(H,21,25). The molecule has 0 aliphatic heterocycles. The number of carbonyl (C=O) groups excluding carboxylic acids is 1. The average Bonchev–Trinajstić information content (AvgIpc) is 2.70. The van der Waals surface area contributed by atoms with E-state index in [2.05, 4.69) is 5.32 Å². The van der Waals surface area contributed by atoms with Crippen LogP contribution in [0.1, 0.15) is 15.9 Å². The predicted octanol–water partition coefficient (Wildman–Crippen LogP) is 3.07. The highest BCUT2D eigenvalue weighted by Crippen LogP contribution is 2.23. The molecule has 8 heteroatoms. The van der Waals surface area contributed by atoms with Gasteiger partial charge < -0.3 is 14.6 Å². The summed E-state index contributed by atoms with van der Waals surface area (Å²) in [5.41, 5.74) is 0.691. The van der Waals surface area contributed by atoms with Crippen LogP contribution in [0.3, 0.4) is 0 Å². The molecule has 3 rings (SSSR count). The van der Waals surface area contributed by atoms with Crippen LogP contribution in [0.4, 0.5) is 11.4 Å². The van der Waals surface area contributed by atoms with E-state index in [1.54, 1.807) is 25.3 Å². The zero-order valence-corrected chi connectivity index (χ0v) is 15.0. The molecule has 1 amide bonds. The Bertz CT molecular complexity index is 1070. The van der Waals surface area contributed by atoms with Gasteiger partial charge in [-0.25, -0.2) is 0 Å². The minimum Gasteiger partial charge on any atom is -0.497 e. The monoisotopic (exact) mass is 379 g/mol. The third kappa shape index (κ3) is 4.24. The van der Waals surface area contributed by atoms with E-state index in [1.165, 1.54) is 41.1 Å². The second kappa shape index (κ2) is 8.17. The van der Waals surface area contributed by atoms with Crippen LogP contribution in [0.2, 0.25) is 0 Å². The fourth-order valence-electron chi connectivity index (χ4n) is 2.65. The molecule has 8 nitrogen and oxygen atoms in total. The maximum absolute atomic E-state index is 12.5. The Balaban J connectivity index is 1.83. The van der Waals surface area contributed by atoms with Crippen molar-refractivity contribution in [3.8, 4) is 5.75 Å². The van der Waals surface area contributed by atoms with Gasteiger partial charge in [-0.2, -0.15) is 0 Å². The molecule has 0 radical (unpaired) electrons. The number of nitro benzene ring substituents is 1. The number of hydrogen-bond donors (Lipinski definition) is 1. The lowest BCUT2D eigenvalue weighted by molar-refractivity contribution is -0.383. The predicted molar refractivity (Wildman–Crippen MR) is 104 cm³/mol. The van der Waals surface area contributed by atoms with Crippen molar-refractivity contribution in [1.82, 2.24) is 4.57 Å². The Morgan fingerprint density at radius 3 is 2.50 bits per heavy atom. The largest absolute Gasteiger partial charge is 0.497 e. The van der Waals surface area contributed by atoms with Crippen LogP contribution < -0.4 is 15.6 Å². The van der Waals surface area contributed by atoms with E-state index in [0.717, 1.165) is 5.56 Å². The van der Waals surface area contributed by atoms with Gasteiger partial charge in [0.25, 0.3) is 17.2 Å². The highest BCUT2D eigenvalue weighted by Gasteiger charge is 2.16. The van der Waals surface area contributed by atoms with Crippen molar-refractivity contribution in [3.05, 3.63) is 98.5 Å². The normalized spacial score (nSPS) is 10.3. The second-order valence-corrected chi connectivity index (χ2v) is 5.96. The summed E-state index contributed by atoms with van der Waals surface area (Å²) in [6.45, 7) is 0.273. The summed E-state index contributed by atoms with van der Waals surface area (Å²) in [5, 5.41) is 13.6. The fraction of sp³-hybridized carbons (Fsp3) is 0.100. The number of rotatable bonds is 6. The number of nitro groups is 1. The average molecular weight is 379 g/mol. The van der Waals surface area contributed by atoms with Crippen molar-refractivity contribution in [2.75, 3.05) is 12.4 Å². The van der Waals surface area contributed by atoms with Gasteiger partial charge in [0.2, 0.25) is 0 Å². The molecule has 2 aromatic carbocycles. The van der Waals surface area contributed by atoms with Gasteiger partial charge in [-0.15, -0.1) is 0 Å². The van der Waals surface area contributed by atoms with E-state index in [-0.39, 0.29) is 29.0 Å².